The summed E-state index contributed by atoms with van der Waals surface area (Å²) in [5.74, 6) is -0.122. The topological polar surface area (TPSA) is 104 Å². The Balaban J connectivity index is 2.27. The Morgan fingerprint density at radius 1 is 1.32 bits per heavy atom. The van der Waals surface area contributed by atoms with Crippen molar-refractivity contribution < 1.29 is 9.53 Å². The second kappa shape index (κ2) is 7.45. The highest BCUT2D eigenvalue weighted by Crippen LogP contribution is 2.29. The van der Waals surface area contributed by atoms with Crippen LogP contribution >= 0.6 is 0 Å². The minimum Gasteiger partial charge on any atom is -0.465 e. The molecule has 0 N–H and O–H groups in total. The molecule has 3 rings (SSSR count). The van der Waals surface area contributed by atoms with Crippen LogP contribution < -0.4 is 16.3 Å². The van der Waals surface area contributed by atoms with Gasteiger partial charge < -0.3 is 4.74 Å². The number of hydrazone groups is 1. The maximum atomic E-state index is 13.1. The molecule has 1 atom stereocenters. The first-order chi connectivity index (χ1) is 13.3. The van der Waals surface area contributed by atoms with Crippen LogP contribution in [0.1, 0.15) is 33.7 Å². The van der Waals surface area contributed by atoms with Gasteiger partial charge in [0.25, 0.3) is 5.56 Å². The molecule has 0 fully saturated rings. The molecule has 2 aromatic heterocycles. The highest BCUT2D eigenvalue weighted by molar-refractivity contribution is 5.92. The van der Waals surface area contributed by atoms with Gasteiger partial charge in [-0.2, -0.15) is 10.1 Å². The Hall–Kier alpha value is -3.17. The lowest BCUT2D eigenvalue weighted by Crippen LogP contribution is -2.40. The van der Waals surface area contributed by atoms with Gasteiger partial charge in [0.2, 0.25) is 5.95 Å². The lowest BCUT2D eigenvalue weighted by molar-refractivity contribution is -0.141. The average Bonchev–Trinajstić information content (AvgIpc) is 3.06. The summed E-state index contributed by atoms with van der Waals surface area (Å²) >= 11 is 0. The maximum Gasteiger partial charge on any atom is 0.332 e. The molecule has 0 aromatic carbocycles. The van der Waals surface area contributed by atoms with Crippen molar-refractivity contribution in [2.24, 2.45) is 12.1 Å². The number of anilines is 1. The molecule has 1 unspecified atom stereocenters. The number of esters is 1. The molecule has 1 aliphatic heterocycles. The Morgan fingerprint density at radius 3 is 2.68 bits per heavy atom. The molecule has 28 heavy (non-hydrogen) atoms. The third-order valence-electron chi connectivity index (χ3n) is 4.77. The summed E-state index contributed by atoms with van der Waals surface area (Å²) < 4.78 is 9.25. The van der Waals surface area contributed by atoms with Crippen LogP contribution in [0.5, 0.6) is 0 Å². The molecule has 10 heteroatoms. The van der Waals surface area contributed by atoms with E-state index in [9.17, 15) is 14.4 Å². The summed E-state index contributed by atoms with van der Waals surface area (Å²) in [7, 11) is 1.57. The van der Waals surface area contributed by atoms with Crippen molar-refractivity contribution in [3.8, 4) is 0 Å². The number of rotatable bonds is 5. The van der Waals surface area contributed by atoms with Crippen molar-refractivity contribution in [1.82, 2.24) is 18.7 Å². The Bertz CT molecular complexity index is 1100. The quantitative estimate of drug-likeness (QED) is 0.554. The molecule has 0 spiro atoms. The fourth-order valence-electron chi connectivity index (χ4n) is 3.19. The predicted molar refractivity (Wildman–Crippen MR) is 106 cm³/mol. The number of carbonyl (C=O) groups excluding carboxylic acids is 1. The summed E-state index contributed by atoms with van der Waals surface area (Å²) in [6.07, 6.45) is 3.52. The molecule has 150 valence electrons. The maximum absolute atomic E-state index is 13.1. The second-order valence-corrected chi connectivity index (χ2v) is 6.56. The number of carbonyl (C=O) groups is 1. The van der Waals surface area contributed by atoms with E-state index in [0.717, 1.165) is 0 Å². The van der Waals surface area contributed by atoms with Gasteiger partial charge in [-0.15, -0.1) is 0 Å². The van der Waals surface area contributed by atoms with E-state index in [1.165, 1.54) is 14.1 Å². The van der Waals surface area contributed by atoms with Crippen LogP contribution in [0.3, 0.4) is 0 Å². The first-order valence-corrected chi connectivity index (χ1v) is 9.12. The molecule has 2 aromatic rings. The summed E-state index contributed by atoms with van der Waals surface area (Å²) in [4.78, 5) is 42.2. The van der Waals surface area contributed by atoms with Crippen molar-refractivity contribution in [2.45, 2.75) is 40.3 Å². The van der Waals surface area contributed by atoms with Crippen molar-refractivity contribution in [1.29, 1.82) is 0 Å². The smallest absolute Gasteiger partial charge is 0.332 e. The van der Waals surface area contributed by atoms with Gasteiger partial charge in [-0.05, 0) is 27.7 Å². The SMILES string of the molecule is CC=CCn1c(=O)c2c(nc3n2C(C)C(C)=NN3CC(=O)OCC)n(C)c1=O. The van der Waals surface area contributed by atoms with Crippen molar-refractivity contribution in [2.75, 3.05) is 18.2 Å². The van der Waals surface area contributed by atoms with E-state index < -0.39 is 17.2 Å². The molecule has 0 saturated carbocycles. The first-order valence-electron chi connectivity index (χ1n) is 9.12. The number of imidazole rings is 1. The van der Waals surface area contributed by atoms with Gasteiger partial charge in [0.15, 0.2) is 11.2 Å². The van der Waals surface area contributed by atoms with E-state index in [4.69, 9.17) is 4.74 Å². The summed E-state index contributed by atoms with van der Waals surface area (Å²) in [6, 6.07) is -0.251. The van der Waals surface area contributed by atoms with Gasteiger partial charge in [0, 0.05) is 13.6 Å². The fourth-order valence-corrected chi connectivity index (χ4v) is 3.19. The number of hydrogen-bond donors (Lipinski definition) is 0. The molecular weight excluding hydrogens is 364 g/mol. The second-order valence-electron chi connectivity index (χ2n) is 6.56. The first kappa shape index (κ1) is 19.6. The molecule has 3 heterocycles. The van der Waals surface area contributed by atoms with Crippen LogP contribution in [0.25, 0.3) is 11.2 Å². The van der Waals surface area contributed by atoms with Gasteiger partial charge in [-0.1, -0.05) is 12.2 Å². The third-order valence-corrected chi connectivity index (χ3v) is 4.77. The van der Waals surface area contributed by atoms with Crippen LogP contribution in [0.15, 0.2) is 26.8 Å². The number of fused-ring (bicyclic) bond motifs is 3. The standard InChI is InChI=1S/C18H24N6O4/c1-6-8-9-22-16(26)14-15(21(5)18(22)27)19-17-23(10-13(25)28-7-2)20-11(3)12(4)24(14)17/h6,8,12H,7,9-10H2,1-5H3. The van der Waals surface area contributed by atoms with Gasteiger partial charge in [-0.3, -0.25) is 23.3 Å². The largest absolute Gasteiger partial charge is 0.465 e. The number of aromatic nitrogens is 4. The van der Waals surface area contributed by atoms with E-state index in [-0.39, 0.29) is 31.4 Å². The van der Waals surface area contributed by atoms with Crippen molar-refractivity contribution in [3.05, 3.63) is 33.0 Å². The molecule has 0 bridgehead atoms. The van der Waals surface area contributed by atoms with Crippen molar-refractivity contribution >= 4 is 28.8 Å². The average molecular weight is 388 g/mol. The normalized spacial score (nSPS) is 16.5. The van der Waals surface area contributed by atoms with Crippen LogP contribution in [0.2, 0.25) is 0 Å². The lowest BCUT2D eigenvalue weighted by Gasteiger charge is -2.28. The van der Waals surface area contributed by atoms with Crippen LogP contribution in [0, 0.1) is 0 Å². The minimum atomic E-state index is -0.452. The molecule has 0 radical (unpaired) electrons. The van der Waals surface area contributed by atoms with E-state index in [2.05, 4.69) is 10.1 Å². The summed E-state index contributed by atoms with van der Waals surface area (Å²) in [6.45, 7) is 7.55. The van der Waals surface area contributed by atoms with Crippen LogP contribution in [0.4, 0.5) is 5.95 Å². The Morgan fingerprint density at radius 2 is 2.04 bits per heavy atom. The van der Waals surface area contributed by atoms with Crippen LogP contribution in [-0.4, -0.2) is 43.5 Å². The van der Waals surface area contributed by atoms with E-state index >= 15 is 0 Å². The number of ether oxygens (including phenoxy) is 1. The number of allylic oxidation sites excluding steroid dienone is 2. The van der Waals surface area contributed by atoms with E-state index in [1.54, 1.807) is 30.7 Å². The number of aryl methyl sites for hydroxylation is 1. The number of hydrogen-bond acceptors (Lipinski definition) is 7. The van der Waals surface area contributed by atoms with E-state index in [0.29, 0.717) is 17.2 Å². The summed E-state index contributed by atoms with van der Waals surface area (Å²) in [5, 5.41) is 5.84. The van der Waals surface area contributed by atoms with Crippen molar-refractivity contribution in [3.63, 3.8) is 0 Å². The lowest BCUT2D eigenvalue weighted by atomic mass is 10.2. The van der Waals surface area contributed by atoms with Gasteiger partial charge in [0.05, 0.1) is 18.4 Å². The molecule has 1 aliphatic rings. The van der Waals surface area contributed by atoms with Crippen LogP contribution in [-0.2, 0) is 23.1 Å². The monoisotopic (exact) mass is 388 g/mol. The van der Waals surface area contributed by atoms with Gasteiger partial charge in [-0.25, -0.2) is 9.80 Å². The highest BCUT2D eigenvalue weighted by Gasteiger charge is 2.31. The predicted octanol–water partition coefficient (Wildman–Crippen LogP) is 0.793. The third kappa shape index (κ3) is 3.04. The Labute approximate surface area is 161 Å². The molecular formula is C18H24N6O4. The molecule has 0 amide bonds. The summed E-state index contributed by atoms with van der Waals surface area (Å²) in [5.41, 5.74) is 0.398. The van der Waals surface area contributed by atoms with E-state index in [1.807, 2.05) is 20.8 Å². The highest BCUT2D eigenvalue weighted by atomic mass is 16.5. The zero-order valence-electron chi connectivity index (χ0n) is 16.7. The van der Waals surface area contributed by atoms with Gasteiger partial charge >= 0.3 is 11.7 Å². The zero-order chi connectivity index (χ0) is 20.6. The minimum absolute atomic E-state index is 0.137. The molecule has 0 aliphatic carbocycles. The zero-order valence-corrected chi connectivity index (χ0v) is 16.7. The molecule has 0 saturated heterocycles. The Kier molecular flexibility index (Phi) is 5.21. The number of nitrogens with zero attached hydrogens (tertiary/aromatic N) is 6. The molecule has 10 nitrogen and oxygen atoms in total. The van der Waals surface area contributed by atoms with Gasteiger partial charge in [0.1, 0.15) is 6.54 Å². The fraction of sp³-hybridized carbons (Fsp3) is 0.500.